The monoisotopic (exact) mass is 377 g/mol. The molecule has 2 aromatic carbocycles. The van der Waals surface area contributed by atoms with Crippen LogP contribution in [0, 0.1) is 0 Å². The van der Waals surface area contributed by atoms with E-state index in [9.17, 15) is 4.79 Å². The topological polar surface area (TPSA) is 29.1 Å². The number of amides is 1. The van der Waals surface area contributed by atoms with Gasteiger partial charge in [0.25, 0.3) is 0 Å². The first-order valence-corrected chi connectivity index (χ1v) is 12.9. The first-order valence-electron chi connectivity index (χ1n) is 9.95. The highest BCUT2D eigenvalue weighted by Gasteiger charge is 2.33. The van der Waals surface area contributed by atoms with Crippen molar-refractivity contribution in [2.45, 2.75) is 59.0 Å². The minimum absolute atomic E-state index is 0.0940. The lowest BCUT2D eigenvalue weighted by Crippen LogP contribution is -2.50. The molecule has 0 atom stereocenters. The molecule has 0 aromatic heterocycles. The van der Waals surface area contributed by atoms with Crippen LogP contribution in [0.4, 0.5) is 0 Å². The molecule has 142 valence electrons. The minimum atomic E-state index is -2.07. The molecule has 0 unspecified atom stereocenters. The Hall–Kier alpha value is -2.13. The highest BCUT2D eigenvalue weighted by atomic mass is 28.3. The number of hydrogen-bond acceptors (Lipinski definition) is 1. The quantitative estimate of drug-likeness (QED) is 0.632. The summed E-state index contributed by atoms with van der Waals surface area (Å²) in [5.41, 5.74) is 5.85. The zero-order chi connectivity index (χ0) is 19.8. The lowest BCUT2D eigenvalue weighted by atomic mass is 9.88. The van der Waals surface area contributed by atoms with Crippen LogP contribution >= 0.6 is 0 Å². The van der Waals surface area contributed by atoms with E-state index in [2.05, 4.69) is 94.3 Å². The van der Waals surface area contributed by atoms with Crippen molar-refractivity contribution < 1.29 is 4.79 Å². The van der Waals surface area contributed by atoms with Crippen molar-refractivity contribution in [3.05, 3.63) is 75.5 Å². The molecule has 1 aliphatic carbocycles. The van der Waals surface area contributed by atoms with Gasteiger partial charge in [0.05, 0.1) is 0 Å². The van der Waals surface area contributed by atoms with Gasteiger partial charge in [-0.25, -0.2) is 0 Å². The van der Waals surface area contributed by atoms with E-state index in [1.54, 1.807) is 0 Å². The van der Waals surface area contributed by atoms with Crippen molar-refractivity contribution in [1.29, 1.82) is 0 Å². The molecule has 0 radical (unpaired) electrons. The standard InChI is InChI=1S/C24H31NOSi/c1-16(2)21-12-9-13-22(17(3)4)23(21)24(26)25-27(5,6)20-14-18-10-7-8-11-19(18)15-20/h7-14,16-17H,15H2,1-6H3,(H,25,26). The van der Waals surface area contributed by atoms with Crippen LogP contribution in [-0.4, -0.2) is 14.1 Å². The molecule has 0 saturated carbocycles. The number of carbonyl (C=O) groups is 1. The molecule has 2 aromatic rings. The van der Waals surface area contributed by atoms with Crippen LogP contribution in [0.1, 0.15) is 72.1 Å². The van der Waals surface area contributed by atoms with Crippen LogP contribution < -0.4 is 4.98 Å². The van der Waals surface area contributed by atoms with Crippen LogP contribution in [-0.2, 0) is 6.42 Å². The van der Waals surface area contributed by atoms with Crippen molar-refractivity contribution >= 4 is 20.2 Å². The summed E-state index contributed by atoms with van der Waals surface area (Å²) in [6.45, 7) is 13.1. The third kappa shape index (κ3) is 3.93. The third-order valence-electron chi connectivity index (χ3n) is 5.59. The van der Waals surface area contributed by atoms with Crippen LogP contribution in [0.25, 0.3) is 6.08 Å². The van der Waals surface area contributed by atoms with Crippen LogP contribution in [0.3, 0.4) is 0 Å². The maximum absolute atomic E-state index is 13.4. The molecule has 1 amide bonds. The summed E-state index contributed by atoms with van der Waals surface area (Å²) in [6.07, 6.45) is 3.25. The average Bonchev–Trinajstić information content (AvgIpc) is 3.05. The van der Waals surface area contributed by atoms with E-state index in [4.69, 9.17) is 0 Å². The molecule has 27 heavy (non-hydrogen) atoms. The molecule has 0 aliphatic heterocycles. The molecule has 1 aliphatic rings. The Morgan fingerprint density at radius 1 is 0.926 bits per heavy atom. The van der Waals surface area contributed by atoms with Crippen molar-refractivity contribution in [3.63, 3.8) is 0 Å². The van der Waals surface area contributed by atoms with E-state index in [0.29, 0.717) is 11.8 Å². The molecule has 0 bridgehead atoms. The van der Waals surface area contributed by atoms with Gasteiger partial charge >= 0.3 is 0 Å². The number of rotatable bonds is 5. The largest absolute Gasteiger partial charge is 0.374 e. The van der Waals surface area contributed by atoms with Gasteiger partial charge in [-0.3, -0.25) is 4.79 Å². The minimum Gasteiger partial charge on any atom is -0.374 e. The molecule has 3 heteroatoms. The van der Waals surface area contributed by atoms with Crippen LogP contribution in [0.2, 0.25) is 13.1 Å². The normalized spacial score (nSPS) is 13.7. The molecule has 0 heterocycles. The Bertz CT molecular complexity index is 867. The summed E-state index contributed by atoms with van der Waals surface area (Å²) in [4.78, 5) is 16.9. The molecule has 3 rings (SSSR count). The van der Waals surface area contributed by atoms with Crippen LogP contribution in [0.5, 0.6) is 0 Å². The predicted octanol–water partition coefficient (Wildman–Crippen LogP) is 6.05. The van der Waals surface area contributed by atoms with E-state index in [0.717, 1.165) is 23.1 Å². The maximum Gasteiger partial charge on any atom is 0.244 e. The third-order valence-corrected chi connectivity index (χ3v) is 8.37. The Labute approximate surface area is 164 Å². The number of carbonyl (C=O) groups excluding carboxylic acids is 1. The van der Waals surface area contributed by atoms with Gasteiger partial charge in [-0.05, 0) is 53.6 Å². The summed E-state index contributed by atoms with van der Waals surface area (Å²) >= 11 is 0. The van der Waals surface area contributed by atoms with E-state index in [-0.39, 0.29) is 5.91 Å². The Balaban J connectivity index is 1.92. The maximum atomic E-state index is 13.4. The zero-order valence-corrected chi connectivity index (χ0v) is 18.4. The fourth-order valence-electron chi connectivity index (χ4n) is 3.92. The first-order chi connectivity index (χ1) is 12.7. The second kappa shape index (κ2) is 7.47. The molecule has 2 nitrogen and oxygen atoms in total. The fourth-order valence-corrected chi connectivity index (χ4v) is 5.92. The number of allylic oxidation sites excluding steroid dienone is 1. The molecule has 1 N–H and O–H groups in total. The van der Waals surface area contributed by atoms with Crippen molar-refractivity contribution in [2.75, 3.05) is 0 Å². The summed E-state index contributed by atoms with van der Waals surface area (Å²) < 4.78 is 0. The van der Waals surface area contributed by atoms with Gasteiger partial charge in [-0.2, -0.15) is 0 Å². The number of nitrogens with one attached hydrogen (secondary N) is 1. The van der Waals surface area contributed by atoms with E-state index in [1.165, 1.54) is 16.3 Å². The van der Waals surface area contributed by atoms with Gasteiger partial charge in [0.1, 0.15) is 0 Å². The molecular formula is C24H31NOSi. The lowest BCUT2D eigenvalue weighted by molar-refractivity contribution is 0.0975. The summed E-state index contributed by atoms with van der Waals surface area (Å²) in [5, 5.41) is 1.39. The summed E-state index contributed by atoms with van der Waals surface area (Å²) in [7, 11) is -2.07. The lowest BCUT2D eigenvalue weighted by Gasteiger charge is -2.28. The van der Waals surface area contributed by atoms with Gasteiger partial charge in [-0.15, -0.1) is 0 Å². The van der Waals surface area contributed by atoms with E-state index >= 15 is 0 Å². The fraction of sp³-hybridized carbons (Fsp3) is 0.375. The second-order valence-electron chi connectivity index (χ2n) is 8.75. The van der Waals surface area contributed by atoms with Gasteiger partial charge in [0, 0.05) is 5.56 Å². The Kier molecular flexibility index (Phi) is 5.43. The van der Waals surface area contributed by atoms with Crippen molar-refractivity contribution in [2.24, 2.45) is 0 Å². The van der Waals surface area contributed by atoms with Crippen molar-refractivity contribution in [3.8, 4) is 0 Å². The van der Waals surface area contributed by atoms with E-state index in [1.807, 2.05) is 0 Å². The van der Waals surface area contributed by atoms with E-state index < -0.39 is 8.24 Å². The van der Waals surface area contributed by atoms with Gasteiger partial charge in [0.2, 0.25) is 5.91 Å². The second-order valence-corrected chi connectivity index (χ2v) is 12.9. The SMILES string of the molecule is CC(C)c1cccc(C(C)C)c1C(=O)N[Si](C)(C)C1=Cc2ccccc2C1. The molecule has 0 saturated heterocycles. The predicted molar refractivity (Wildman–Crippen MR) is 118 cm³/mol. The Morgan fingerprint density at radius 3 is 2.07 bits per heavy atom. The molecular weight excluding hydrogens is 346 g/mol. The van der Waals surface area contributed by atoms with Gasteiger partial charge < -0.3 is 4.98 Å². The Morgan fingerprint density at radius 2 is 1.52 bits per heavy atom. The number of hydrogen-bond donors (Lipinski definition) is 1. The molecule has 0 fully saturated rings. The highest BCUT2D eigenvalue weighted by molar-refractivity contribution is 6.84. The highest BCUT2D eigenvalue weighted by Crippen LogP contribution is 2.31. The van der Waals surface area contributed by atoms with Crippen LogP contribution in [0.15, 0.2) is 47.7 Å². The summed E-state index contributed by atoms with van der Waals surface area (Å²) in [5.74, 6) is 0.741. The van der Waals surface area contributed by atoms with Gasteiger partial charge in [0.15, 0.2) is 8.24 Å². The average molecular weight is 378 g/mol. The smallest absolute Gasteiger partial charge is 0.244 e. The number of fused-ring (bicyclic) bond motifs is 1. The number of benzene rings is 2. The molecule has 0 spiro atoms. The zero-order valence-electron chi connectivity index (χ0n) is 17.4. The van der Waals surface area contributed by atoms with Crippen molar-refractivity contribution in [1.82, 2.24) is 4.98 Å². The summed E-state index contributed by atoms with van der Waals surface area (Å²) in [6, 6.07) is 14.8. The first kappa shape index (κ1) is 19.6. The van der Waals surface area contributed by atoms with Gasteiger partial charge in [-0.1, -0.05) is 81.4 Å².